The predicted molar refractivity (Wildman–Crippen MR) is 53.1 cm³/mol. The molecule has 2 rings (SSSR count). The lowest BCUT2D eigenvalue weighted by Crippen LogP contribution is -2.10. The van der Waals surface area contributed by atoms with Crippen molar-refractivity contribution < 1.29 is 9.47 Å². The van der Waals surface area contributed by atoms with E-state index in [0.717, 1.165) is 21.5 Å². The largest absolute Gasteiger partial charge is 0.497 e. The first-order valence-electron chi connectivity index (χ1n) is 3.98. The van der Waals surface area contributed by atoms with E-state index in [-0.39, 0.29) is 6.04 Å². The molecule has 0 aliphatic carbocycles. The Balaban J connectivity index is 2.53. The van der Waals surface area contributed by atoms with E-state index in [1.165, 1.54) is 0 Å². The summed E-state index contributed by atoms with van der Waals surface area (Å²) in [4.78, 5) is 0. The first kappa shape index (κ1) is 8.84. The van der Waals surface area contributed by atoms with E-state index in [0.29, 0.717) is 6.61 Å². The molecule has 2 N–H and O–H groups in total. The van der Waals surface area contributed by atoms with Crippen LogP contribution in [0.2, 0.25) is 0 Å². The summed E-state index contributed by atoms with van der Waals surface area (Å²) in [6, 6.07) is 3.75. The van der Waals surface area contributed by atoms with Crippen LogP contribution in [-0.4, -0.2) is 13.7 Å². The number of rotatable bonds is 1. The zero-order valence-electron chi connectivity index (χ0n) is 7.21. The molecule has 0 radical (unpaired) electrons. The average molecular weight is 244 g/mol. The van der Waals surface area contributed by atoms with Crippen molar-refractivity contribution in [3.8, 4) is 11.5 Å². The van der Waals surface area contributed by atoms with Crippen molar-refractivity contribution in [3.63, 3.8) is 0 Å². The molecule has 0 saturated carbocycles. The van der Waals surface area contributed by atoms with Gasteiger partial charge in [0.05, 0.1) is 17.6 Å². The van der Waals surface area contributed by atoms with Crippen LogP contribution in [0.5, 0.6) is 11.5 Å². The molecule has 0 spiro atoms. The normalized spacial score (nSPS) is 19.5. The van der Waals surface area contributed by atoms with Crippen LogP contribution in [0, 0.1) is 0 Å². The van der Waals surface area contributed by atoms with Crippen molar-refractivity contribution in [1.82, 2.24) is 0 Å². The Bertz CT molecular complexity index is 341. The molecule has 1 atom stereocenters. The van der Waals surface area contributed by atoms with Gasteiger partial charge in [-0.05, 0) is 28.1 Å². The van der Waals surface area contributed by atoms with Gasteiger partial charge in [0.2, 0.25) is 0 Å². The maximum absolute atomic E-state index is 5.84. The van der Waals surface area contributed by atoms with Crippen molar-refractivity contribution in [3.05, 3.63) is 22.2 Å². The lowest BCUT2D eigenvalue weighted by atomic mass is 10.1. The molecule has 0 bridgehead atoms. The van der Waals surface area contributed by atoms with E-state index in [9.17, 15) is 0 Å². The molecule has 1 aromatic rings. The SMILES string of the molecule is COc1cc(Br)c2c(c1)[C@@H](N)CO2. The Kier molecular flexibility index (Phi) is 2.17. The highest BCUT2D eigenvalue weighted by Crippen LogP contribution is 2.40. The number of nitrogens with two attached hydrogens (primary N) is 1. The maximum Gasteiger partial charge on any atom is 0.138 e. The van der Waals surface area contributed by atoms with Gasteiger partial charge in [0, 0.05) is 5.56 Å². The second-order valence-electron chi connectivity index (χ2n) is 2.95. The van der Waals surface area contributed by atoms with E-state index in [1.54, 1.807) is 7.11 Å². The number of methoxy groups -OCH3 is 1. The molecular formula is C9H10BrNO2. The van der Waals surface area contributed by atoms with Crippen LogP contribution >= 0.6 is 15.9 Å². The van der Waals surface area contributed by atoms with Crippen LogP contribution in [-0.2, 0) is 0 Å². The van der Waals surface area contributed by atoms with Gasteiger partial charge < -0.3 is 15.2 Å². The van der Waals surface area contributed by atoms with E-state index < -0.39 is 0 Å². The van der Waals surface area contributed by atoms with Gasteiger partial charge in [-0.25, -0.2) is 0 Å². The minimum Gasteiger partial charge on any atom is -0.497 e. The van der Waals surface area contributed by atoms with Crippen molar-refractivity contribution in [2.45, 2.75) is 6.04 Å². The monoisotopic (exact) mass is 243 g/mol. The van der Waals surface area contributed by atoms with Crippen molar-refractivity contribution >= 4 is 15.9 Å². The molecule has 0 fully saturated rings. The summed E-state index contributed by atoms with van der Waals surface area (Å²) in [7, 11) is 1.63. The summed E-state index contributed by atoms with van der Waals surface area (Å²) in [5, 5.41) is 0. The molecule has 70 valence electrons. The molecule has 0 amide bonds. The van der Waals surface area contributed by atoms with Crippen LogP contribution in [0.4, 0.5) is 0 Å². The lowest BCUT2D eigenvalue weighted by molar-refractivity contribution is 0.331. The van der Waals surface area contributed by atoms with Crippen molar-refractivity contribution in [1.29, 1.82) is 0 Å². The topological polar surface area (TPSA) is 44.5 Å². The number of hydrogen-bond donors (Lipinski definition) is 1. The second-order valence-corrected chi connectivity index (χ2v) is 3.80. The number of fused-ring (bicyclic) bond motifs is 1. The minimum atomic E-state index is -0.0404. The average Bonchev–Trinajstić information content (AvgIpc) is 2.48. The summed E-state index contributed by atoms with van der Waals surface area (Å²) in [5.41, 5.74) is 6.84. The van der Waals surface area contributed by atoms with Gasteiger partial charge in [-0.3, -0.25) is 0 Å². The highest BCUT2D eigenvalue weighted by molar-refractivity contribution is 9.10. The Hall–Kier alpha value is -0.740. The van der Waals surface area contributed by atoms with Gasteiger partial charge in [-0.2, -0.15) is 0 Å². The lowest BCUT2D eigenvalue weighted by Gasteiger charge is -2.06. The Morgan fingerprint density at radius 1 is 1.62 bits per heavy atom. The van der Waals surface area contributed by atoms with Gasteiger partial charge in [0.1, 0.15) is 18.1 Å². The fraction of sp³-hybridized carbons (Fsp3) is 0.333. The van der Waals surface area contributed by atoms with Crippen molar-refractivity contribution in [2.24, 2.45) is 5.73 Å². The Labute approximate surface area is 85.0 Å². The second kappa shape index (κ2) is 3.20. The summed E-state index contributed by atoms with van der Waals surface area (Å²) in [6.45, 7) is 0.543. The van der Waals surface area contributed by atoms with Gasteiger partial charge in [0.25, 0.3) is 0 Å². The third-order valence-electron chi connectivity index (χ3n) is 2.09. The van der Waals surface area contributed by atoms with Crippen molar-refractivity contribution in [2.75, 3.05) is 13.7 Å². The molecule has 1 aliphatic heterocycles. The molecule has 3 nitrogen and oxygen atoms in total. The van der Waals surface area contributed by atoms with Gasteiger partial charge in [-0.1, -0.05) is 0 Å². The van der Waals surface area contributed by atoms with Crippen LogP contribution in [0.25, 0.3) is 0 Å². The van der Waals surface area contributed by atoms with E-state index in [1.807, 2.05) is 12.1 Å². The minimum absolute atomic E-state index is 0.0404. The summed E-state index contributed by atoms with van der Waals surface area (Å²) < 4.78 is 11.4. The molecule has 0 saturated heterocycles. The van der Waals surface area contributed by atoms with E-state index in [4.69, 9.17) is 15.2 Å². The standard InChI is InChI=1S/C9H10BrNO2/c1-12-5-2-6-8(11)4-13-9(6)7(10)3-5/h2-3,8H,4,11H2,1H3/t8-/m0/s1. The van der Waals surface area contributed by atoms with E-state index in [2.05, 4.69) is 15.9 Å². The Morgan fingerprint density at radius 2 is 2.38 bits per heavy atom. The summed E-state index contributed by atoms with van der Waals surface area (Å²) in [5.74, 6) is 1.64. The number of halogens is 1. The fourth-order valence-corrected chi connectivity index (χ4v) is 1.97. The van der Waals surface area contributed by atoms with Crippen LogP contribution in [0.3, 0.4) is 0 Å². The highest BCUT2D eigenvalue weighted by atomic mass is 79.9. The number of benzene rings is 1. The zero-order chi connectivity index (χ0) is 9.42. The van der Waals surface area contributed by atoms with Crippen LogP contribution < -0.4 is 15.2 Å². The van der Waals surface area contributed by atoms with Gasteiger partial charge in [-0.15, -0.1) is 0 Å². The summed E-state index contributed by atoms with van der Waals surface area (Å²) >= 11 is 3.41. The fourth-order valence-electron chi connectivity index (χ4n) is 1.40. The molecule has 13 heavy (non-hydrogen) atoms. The van der Waals surface area contributed by atoms with Gasteiger partial charge >= 0.3 is 0 Å². The molecule has 0 unspecified atom stereocenters. The summed E-state index contributed by atoms with van der Waals surface area (Å²) in [6.07, 6.45) is 0. The zero-order valence-corrected chi connectivity index (χ0v) is 8.80. The van der Waals surface area contributed by atoms with Crippen LogP contribution in [0.1, 0.15) is 11.6 Å². The first-order valence-corrected chi connectivity index (χ1v) is 4.77. The molecule has 4 heteroatoms. The number of ether oxygens (including phenoxy) is 2. The van der Waals surface area contributed by atoms with Crippen LogP contribution in [0.15, 0.2) is 16.6 Å². The third kappa shape index (κ3) is 1.40. The first-order chi connectivity index (χ1) is 6.22. The third-order valence-corrected chi connectivity index (χ3v) is 2.68. The molecule has 0 aromatic heterocycles. The predicted octanol–water partition coefficient (Wildman–Crippen LogP) is 1.85. The molecule has 1 aliphatic rings. The molecular weight excluding hydrogens is 234 g/mol. The molecule has 1 heterocycles. The molecule has 1 aromatic carbocycles. The number of hydrogen-bond acceptors (Lipinski definition) is 3. The van der Waals surface area contributed by atoms with Gasteiger partial charge in [0.15, 0.2) is 0 Å². The Morgan fingerprint density at radius 3 is 3.08 bits per heavy atom. The smallest absolute Gasteiger partial charge is 0.138 e. The highest BCUT2D eigenvalue weighted by Gasteiger charge is 2.23. The van der Waals surface area contributed by atoms with E-state index >= 15 is 0 Å². The quantitative estimate of drug-likeness (QED) is 0.819. The maximum atomic E-state index is 5.84.